The number of thiazole rings is 1. The lowest BCUT2D eigenvalue weighted by Crippen LogP contribution is -2.38. The molecule has 7 heteroatoms. The molecule has 2 heterocycles. The third kappa shape index (κ3) is 8.99. The van der Waals surface area contributed by atoms with Gasteiger partial charge in [-0.15, -0.1) is 35.3 Å². The van der Waals surface area contributed by atoms with Gasteiger partial charge in [-0.3, -0.25) is 0 Å². The van der Waals surface area contributed by atoms with Crippen LogP contribution in [0.25, 0.3) is 0 Å². The van der Waals surface area contributed by atoms with E-state index in [1.165, 1.54) is 50.2 Å². The molecule has 150 valence electrons. The van der Waals surface area contributed by atoms with E-state index in [2.05, 4.69) is 46.3 Å². The molecule has 1 fully saturated rings. The van der Waals surface area contributed by atoms with Crippen LogP contribution >= 0.6 is 35.3 Å². The molecule has 2 rings (SSSR count). The van der Waals surface area contributed by atoms with Crippen LogP contribution in [0.2, 0.25) is 0 Å². The Bertz CT molecular complexity index is 512. The summed E-state index contributed by atoms with van der Waals surface area (Å²) in [6.07, 6.45) is 8.20. The molecule has 0 spiro atoms. The first-order valence-corrected chi connectivity index (χ1v) is 10.7. The maximum Gasteiger partial charge on any atom is 0.191 e. The third-order valence-corrected chi connectivity index (χ3v) is 5.86. The number of piperidine rings is 1. The number of aromatic nitrogens is 1. The monoisotopic (exact) mass is 493 g/mol. The van der Waals surface area contributed by atoms with E-state index in [0.717, 1.165) is 36.4 Å². The Morgan fingerprint density at radius 2 is 2.04 bits per heavy atom. The maximum absolute atomic E-state index is 4.66. The van der Waals surface area contributed by atoms with Gasteiger partial charge in [0.15, 0.2) is 5.96 Å². The summed E-state index contributed by atoms with van der Waals surface area (Å²) in [5.41, 5.74) is 0. The molecule has 1 saturated heterocycles. The summed E-state index contributed by atoms with van der Waals surface area (Å²) in [5, 5.41) is 7.87. The number of halogens is 1. The number of aryl methyl sites for hydroxylation is 1. The van der Waals surface area contributed by atoms with Crippen LogP contribution in [0.15, 0.2) is 11.2 Å². The SMILES string of the molecule is CCNC(=NCc1ncc(CC)s1)NCCCCN1CCC(C)CC1.I. The van der Waals surface area contributed by atoms with E-state index < -0.39 is 0 Å². The molecule has 0 atom stereocenters. The molecule has 5 nitrogen and oxygen atoms in total. The Kier molecular flexibility index (Phi) is 12.5. The largest absolute Gasteiger partial charge is 0.357 e. The fourth-order valence-corrected chi connectivity index (χ4v) is 3.81. The standard InChI is InChI=1S/C19H35N5S.HI/c1-4-17-14-22-18(25-17)15-23-19(20-5-2)21-10-6-7-11-24-12-8-16(3)9-13-24;/h14,16H,4-13,15H2,1-3H3,(H2,20,21,23);1H. The minimum Gasteiger partial charge on any atom is -0.357 e. The second-order valence-electron chi connectivity index (χ2n) is 6.93. The number of nitrogens with one attached hydrogen (secondary N) is 2. The van der Waals surface area contributed by atoms with Crippen LogP contribution in [0.5, 0.6) is 0 Å². The minimum atomic E-state index is 0. The smallest absolute Gasteiger partial charge is 0.191 e. The second kappa shape index (κ2) is 13.7. The Morgan fingerprint density at radius 3 is 2.69 bits per heavy atom. The highest BCUT2D eigenvalue weighted by Crippen LogP contribution is 2.16. The second-order valence-corrected chi connectivity index (χ2v) is 8.13. The molecule has 0 amide bonds. The number of hydrogen-bond acceptors (Lipinski definition) is 4. The summed E-state index contributed by atoms with van der Waals surface area (Å²) in [5.74, 6) is 1.82. The molecule has 1 aliphatic rings. The van der Waals surface area contributed by atoms with Crippen LogP contribution in [0.4, 0.5) is 0 Å². The van der Waals surface area contributed by atoms with E-state index in [9.17, 15) is 0 Å². The summed E-state index contributed by atoms with van der Waals surface area (Å²) < 4.78 is 0. The first-order valence-electron chi connectivity index (χ1n) is 9.89. The van der Waals surface area contributed by atoms with Crippen LogP contribution in [0.1, 0.15) is 56.3 Å². The quantitative estimate of drug-likeness (QED) is 0.237. The first kappa shape index (κ1) is 23.6. The fourth-order valence-electron chi connectivity index (χ4n) is 3.03. The molecule has 1 aromatic rings. The lowest BCUT2D eigenvalue weighted by Gasteiger charge is -2.30. The first-order chi connectivity index (χ1) is 12.2. The molecular weight excluding hydrogens is 457 g/mol. The van der Waals surface area contributed by atoms with Gasteiger partial charge in [0.05, 0.1) is 6.54 Å². The summed E-state index contributed by atoms with van der Waals surface area (Å²) in [6, 6.07) is 0. The molecule has 0 aliphatic carbocycles. The molecule has 2 N–H and O–H groups in total. The van der Waals surface area contributed by atoms with Gasteiger partial charge in [0.25, 0.3) is 0 Å². The van der Waals surface area contributed by atoms with E-state index in [4.69, 9.17) is 0 Å². The Labute approximate surface area is 180 Å². The number of likely N-dealkylation sites (tertiary alicyclic amines) is 1. The number of hydrogen-bond donors (Lipinski definition) is 2. The van der Waals surface area contributed by atoms with E-state index in [0.29, 0.717) is 6.54 Å². The molecule has 26 heavy (non-hydrogen) atoms. The summed E-state index contributed by atoms with van der Waals surface area (Å²) in [6.45, 7) is 13.0. The molecule has 0 bridgehead atoms. The highest BCUT2D eigenvalue weighted by Gasteiger charge is 2.14. The van der Waals surface area contributed by atoms with Crippen molar-refractivity contribution in [1.82, 2.24) is 20.5 Å². The number of guanidine groups is 1. The molecule has 0 aromatic carbocycles. The summed E-state index contributed by atoms with van der Waals surface area (Å²) in [7, 11) is 0. The van der Waals surface area contributed by atoms with E-state index in [1.807, 2.05) is 6.20 Å². The van der Waals surface area contributed by atoms with Gasteiger partial charge in [-0.1, -0.05) is 13.8 Å². The molecule has 0 saturated carbocycles. The summed E-state index contributed by atoms with van der Waals surface area (Å²) in [4.78, 5) is 13.0. The average molecular weight is 494 g/mol. The lowest BCUT2D eigenvalue weighted by molar-refractivity contribution is 0.189. The predicted octanol–water partition coefficient (Wildman–Crippen LogP) is 3.89. The fraction of sp³-hybridized carbons (Fsp3) is 0.789. The molecule has 0 radical (unpaired) electrons. The van der Waals surface area contributed by atoms with Gasteiger partial charge in [-0.2, -0.15) is 0 Å². The van der Waals surface area contributed by atoms with Crippen molar-refractivity contribution < 1.29 is 0 Å². The number of unbranched alkanes of at least 4 members (excludes halogenated alkanes) is 1. The zero-order valence-electron chi connectivity index (χ0n) is 16.6. The number of rotatable bonds is 9. The van der Waals surface area contributed by atoms with Crippen LogP contribution in [0, 0.1) is 5.92 Å². The van der Waals surface area contributed by atoms with Crippen molar-refractivity contribution in [3.8, 4) is 0 Å². The van der Waals surface area contributed by atoms with Crippen molar-refractivity contribution in [3.63, 3.8) is 0 Å². The van der Waals surface area contributed by atoms with E-state index in [1.54, 1.807) is 11.3 Å². The molecule has 1 aliphatic heterocycles. The minimum absolute atomic E-state index is 0. The lowest BCUT2D eigenvalue weighted by atomic mass is 9.99. The van der Waals surface area contributed by atoms with Gasteiger partial charge in [-0.05, 0) is 64.6 Å². The van der Waals surface area contributed by atoms with Crippen molar-refractivity contribution in [2.45, 2.75) is 59.4 Å². The highest BCUT2D eigenvalue weighted by molar-refractivity contribution is 14.0. The van der Waals surface area contributed by atoms with Gasteiger partial charge < -0.3 is 15.5 Å². The van der Waals surface area contributed by atoms with Crippen molar-refractivity contribution >= 4 is 41.3 Å². The Morgan fingerprint density at radius 1 is 1.27 bits per heavy atom. The van der Waals surface area contributed by atoms with Crippen molar-refractivity contribution in [3.05, 3.63) is 16.1 Å². The highest BCUT2D eigenvalue weighted by atomic mass is 127. The summed E-state index contributed by atoms with van der Waals surface area (Å²) >= 11 is 1.76. The van der Waals surface area contributed by atoms with Crippen LogP contribution in [-0.2, 0) is 13.0 Å². The normalized spacial score (nSPS) is 16.3. The van der Waals surface area contributed by atoms with E-state index in [-0.39, 0.29) is 24.0 Å². The van der Waals surface area contributed by atoms with Gasteiger partial charge in [0.1, 0.15) is 5.01 Å². The topological polar surface area (TPSA) is 52.6 Å². The van der Waals surface area contributed by atoms with Crippen molar-refractivity contribution in [2.75, 3.05) is 32.7 Å². The van der Waals surface area contributed by atoms with Crippen molar-refractivity contribution in [1.29, 1.82) is 0 Å². The third-order valence-electron chi connectivity index (χ3n) is 4.74. The van der Waals surface area contributed by atoms with Crippen LogP contribution in [0.3, 0.4) is 0 Å². The van der Waals surface area contributed by atoms with Gasteiger partial charge in [0, 0.05) is 24.2 Å². The van der Waals surface area contributed by atoms with Gasteiger partial charge >= 0.3 is 0 Å². The molecule has 0 unspecified atom stereocenters. The van der Waals surface area contributed by atoms with Crippen LogP contribution < -0.4 is 10.6 Å². The van der Waals surface area contributed by atoms with E-state index >= 15 is 0 Å². The zero-order chi connectivity index (χ0) is 17.9. The predicted molar refractivity (Wildman–Crippen MR) is 124 cm³/mol. The Hall–Kier alpha value is -0.410. The average Bonchev–Trinajstić information content (AvgIpc) is 3.09. The van der Waals surface area contributed by atoms with Crippen LogP contribution in [-0.4, -0.2) is 48.6 Å². The maximum atomic E-state index is 4.66. The van der Waals surface area contributed by atoms with Crippen molar-refractivity contribution in [2.24, 2.45) is 10.9 Å². The van der Waals surface area contributed by atoms with Gasteiger partial charge in [0.2, 0.25) is 0 Å². The zero-order valence-corrected chi connectivity index (χ0v) is 19.7. The number of nitrogens with zero attached hydrogens (tertiary/aromatic N) is 3. The number of aliphatic imine (C=N–C) groups is 1. The van der Waals surface area contributed by atoms with Gasteiger partial charge in [-0.25, -0.2) is 9.98 Å². The molecular formula is C19H36IN5S. The Balaban J connectivity index is 0.00000338. The molecule has 1 aromatic heterocycles.